The Morgan fingerprint density at radius 1 is 1.39 bits per heavy atom. The van der Waals surface area contributed by atoms with Crippen molar-refractivity contribution in [3.8, 4) is 0 Å². The van der Waals surface area contributed by atoms with Crippen LogP contribution in [0.1, 0.15) is 42.1 Å². The summed E-state index contributed by atoms with van der Waals surface area (Å²) in [5, 5.41) is 16.2. The molecule has 2 amide bonds. The lowest BCUT2D eigenvalue weighted by molar-refractivity contribution is -0.385. The molecule has 2 rings (SSSR count). The topological polar surface area (TPSA) is 101 Å². The number of aryl methyl sites for hydroxylation is 1. The van der Waals surface area contributed by atoms with E-state index < -0.39 is 10.8 Å². The molecule has 124 valence electrons. The Morgan fingerprint density at radius 3 is 2.61 bits per heavy atom. The van der Waals surface area contributed by atoms with Crippen molar-refractivity contribution >= 4 is 17.5 Å². The van der Waals surface area contributed by atoms with E-state index in [1.54, 1.807) is 6.92 Å². The first kappa shape index (κ1) is 16.9. The largest absolute Gasteiger partial charge is 0.352 e. The van der Waals surface area contributed by atoms with Crippen LogP contribution in [-0.4, -0.2) is 29.3 Å². The van der Waals surface area contributed by atoms with Crippen molar-refractivity contribution in [1.82, 2.24) is 10.6 Å². The molecule has 0 saturated heterocycles. The third kappa shape index (κ3) is 4.28. The fourth-order valence-electron chi connectivity index (χ4n) is 2.63. The van der Waals surface area contributed by atoms with Crippen molar-refractivity contribution in [3.63, 3.8) is 0 Å². The van der Waals surface area contributed by atoms with E-state index in [2.05, 4.69) is 10.6 Å². The quantitative estimate of drug-likeness (QED) is 0.618. The number of nitrogens with zero attached hydrogens (tertiary/aromatic N) is 1. The van der Waals surface area contributed by atoms with Crippen LogP contribution >= 0.6 is 0 Å². The molecule has 7 nitrogen and oxygen atoms in total. The number of nitro groups is 1. The van der Waals surface area contributed by atoms with Gasteiger partial charge in [0.25, 0.3) is 11.6 Å². The molecule has 0 bridgehead atoms. The van der Waals surface area contributed by atoms with Crippen molar-refractivity contribution in [3.05, 3.63) is 39.4 Å². The molecule has 23 heavy (non-hydrogen) atoms. The van der Waals surface area contributed by atoms with E-state index in [0.717, 1.165) is 12.8 Å². The summed E-state index contributed by atoms with van der Waals surface area (Å²) >= 11 is 0. The number of nitrogens with one attached hydrogen (secondary N) is 2. The smallest absolute Gasteiger partial charge is 0.272 e. The first-order valence-corrected chi connectivity index (χ1v) is 7.71. The van der Waals surface area contributed by atoms with E-state index in [-0.39, 0.29) is 24.2 Å². The van der Waals surface area contributed by atoms with E-state index in [1.807, 2.05) is 6.92 Å². The highest BCUT2D eigenvalue weighted by Gasteiger charge is 2.25. The van der Waals surface area contributed by atoms with Crippen LogP contribution in [0.5, 0.6) is 0 Å². The Morgan fingerprint density at radius 2 is 2.09 bits per heavy atom. The lowest BCUT2D eigenvalue weighted by atomic mass is 9.80. The number of carbonyl (C=O) groups excluding carboxylic acids is 2. The Balaban J connectivity index is 1.85. The minimum Gasteiger partial charge on any atom is -0.352 e. The molecule has 1 unspecified atom stereocenters. The van der Waals surface area contributed by atoms with Gasteiger partial charge in [0.15, 0.2) is 0 Å². The molecule has 1 aliphatic carbocycles. The third-order valence-electron chi connectivity index (χ3n) is 4.31. The van der Waals surface area contributed by atoms with Gasteiger partial charge in [-0.25, -0.2) is 0 Å². The minimum atomic E-state index is -0.494. The predicted molar refractivity (Wildman–Crippen MR) is 85.1 cm³/mol. The number of benzene rings is 1. The summed E-state index contributed by atoms with van der Waals surface area (Å²) in [6, 6.07) is 4.25. The Labute approximate surface area is 134 Å². The number of rotatable bonds is 6. The van der Waals surface area contributed by atoms with Crippen LogP contribution < -0.4 is 10.6 Å². The van der Waals surface area contributed by atoms with Crippen molar-refractivity contribution in [2.75, 3.05) is 6.54 Å². The lowest BCUT2D eigenvalue weighted by Gasteiger charge is -2.31. The molecule has 0 heterocycles. The zero-order valence-electron chi connectivity index (χ0n) is 13.3. The maximum atomic E-state index is 12.0. The van der Waals surface area contributed by atoms with Crippen LogP contribution in [0.25, 0.3) is 0 Å². The summed E-state index contributed by atoms with van der Waals surface area (Å²) in [5.74, 6) is -0.113. The van der Waals surface area contributed by atoms with Gasteiger partial charge in [-0.05, 0) is 44.7 Å². The molecular formula is C16H21N3O4. The molecule has 0 aliphatic heterocycles. The molecule has 0 aromatic heterocycles. The molecule has 0 radical (unpaired) electrons. The van der Waals surface area contributed by atoms with E-state index >= 15 is 0 Å². The SMILES string of the molecule is Cc1cc(C(=O)NCC(=O)NC(C)C2CCC2)ccc1[N+](=O)[O-]. The van der Waals surface area contributed by atoms with E-state index in [0.29, 0.717) is 17.0 Å². The Bertz CT molecular complexity index is 626. The van der Waals surface area contributed by atoms with Crippen LogP contribution in [0.2, 0.25) is 0 Å². The first-order valence-electron chi connectivity index (χ1n) is 7.71. The van der Waals surface area contributed by atoms with Crippen LogP contribution in [-0.2, 0) is 4.79 Å². The second-order valence-electron chi connectivity index (χ2n) is 5.99. The summed E-state index contributed by atoms with van der Waals surface area (Å²) < 4.78 is 0. The highest BCUT2D eigenvalue weighted by molar-refractivity contribution is 5.96. The summed E-state index contributed by atoms with van der Waals surface area (Å²) in [6.07, 6.45) is 3.48. The zero-order valence-corrected chi connectivity index (χ0v) is 13.3. The van der Waals surface area contributed by atoms with Gasteiger partial charge in [-0.1, -0.05) is 6.42 Å². The maximum absolute atomic E-state index is 12.0. The van der Waals surface area contributed by atoms with Crippen molar-refractivity contribution < 1.29 is 14.5 Å². The maximum Gasteiger partial charge on any atom is 0.272 e. The van der Waals surface area contributed by atoms with Gasteiger partial charge in [0.2, 0.25) is 5.91 Å². The number of carbonyl (C=O) groups is 2. The average Bonchev–Trinajstić information content (AvgIpc) is 2.42. The molecule has 7 heteroatoms. The minimum absolute atomic E-state index is 0.0337. The van der Waals surface area contributed by atoms with Crippen LogP contribution in [0.3, 0.4) is 0 Å². The van der Waals surface area contributed by atoms with Crippen LogP contribution in [0.4, 0.5) is 5.69 Å². The lowest BCUT2D eigenvalue weighted by Crippen LogP contribution is -2.45. The van der Waals surface area contributed by atoms with E-state index in [4.69, 9.17) is 0 Å². The third-order valence-corrected chi connectivity index (χ3v) is 4.31. The van der Waals surface area contributed by atoms with E-state index in [1.165, 1.54) is 24.6 Å². The number of nitro benzene ring substituents is 1. The van der Waals surface area contributed by atoms with Crippen LogP contribution in [0, 0.1) is 23.0 Å². The van der Waals surface area contributed by atoms with Gasteiger partial charge in [-0.15, -0.1) is 0 Å². The molecular weight excluding hydrogens is 298 g/mol. The second-order valence-corrected chi connectivity index (χ2v) is 5.99. The molecule has 1 fully saturated rings. The molecule has 1 aromatic rings. The molecule has 2 N–H and O–H groups in total. The molecule has 1 atom stereocenters. The molecule has 1 aliphatic rings. The normalized spacial score (nSPS) is 15.4. The monoisotopic (exact) mass is 319 g/mol. The number of hydrogen-bond acceptors (Lipinski definition) is 4. The number of hydrogen-bond donors (Lipinski definition) is 2. The summed E-state index contributed by atoms with van der Waals surface area (Å²) in [6.45, 7) is 3.44. The van der Waals surface area contributed by atoms with Crippen molar-refractivity contribution in [2.24, 2.45) is 5.92 Å². The van der Waals surface area contributed by atoms with Gasteiger partial charge in [0.1, 0.15) is 0 Å². The van der Waals surface area contributed by atoms with Gasteiger partial charge in [0.05, 0.1) is 11.5 Å². The van der Waals surface area contributed by atoms with Gasteiger partial charge >= 0.3 is 0 Å². The standard InChI is InChI=1S/C16H21N3O4/c1-10-8-13(6-7-14(10)19(22)23)16(21)17-9-15(20)18-11(2)12-4-3-5-12/h6-8,11-12H,3-5,9H2,1-2H3,(H,17,21)(H,18,20). The number of amides is 2. The zero-order chi connectivity index (χ0) is 17.0. The van der Waals surface area contributed by atoms with Crippen LogP contribution in [0.15, 0.2) is 18.2 Å². The fourth-order valence-corrected chi connectivity index (χ4v) is 2.63. The predicted octanol–water partition coefficient (Wildman–Crippen LogP) is 1.94. The molecule has 0 spiro atoms. The summed E-state index contributed by atoms with van der Waals surface area (Å²) in [7, 11) is 0. The highest BCUT2D eigenvalue weighted by atomic mass is 16.6. The average molecular weight is 319 g/mol. The van der Waals surface area contributed by atoms with Gasteiger partial charge in [-0.3, -0.25) is 19.7 Å². The summed E-state index contributed by atoms with van der Waals surface area (Å²) in [5.41, 5.74) is 0.673. The van der Waals surface area contributed by atoms with E-state index in [9.17, 15) is 19.7 Å². The first-order chi connectivity index (χ1) is 10.9. The highest BCUT2D eigenvalue weighted by Crippen LogP contribution is 2.29. The molecule has 1 aromatic carbocycles. The van der Waals surface area contributed by atoms with Crippen molar-refractivity contribution in [2.45, 2.75) is 39.2 Å². The van der Waals surface area contributed by atoms with Gasteiger partial charge in [-0.2, -0.15) is 0 Å². The Kier molecular flexibility index (Phi) is 5.31. The van der Waals surface area contributed by atoms with Gasteiger partial charge in [0, 0.05) is 23.2 Å². The fraction of sp³-hybridized carbons (Fsp3) is 0.500. The van der Waals surface area contributed by atoms with Gasteiger partial charge < -0.3 is 10.6 Å². The second kappa shape index (κ2) is 7.21. The molecule has 1 saturated carbocycles. The Hall–Kier alpha value is -2.44. The van der Waals surface area contributed by atoms with Crippen molar-refractivity contribution in [1.29, 1.82) is 0 Å². The summed E-state index contributed by atoms with van der Waals surface area (Å²) in [4.78, 5) is 34.1.